The number of aromatic hydroxyl groups is 1. The third kappa shape index (κ3) is 3.03. The van der Waals surface area contributed by atoms with E-state index in [4.69, 9.17) is 0 Å². The molecule has 124 valence electrons. The van der Waals surface area contributed by atoms with Gasteiger partial charge in [-0.3, -0.25) is 4.79 Å². The second-order valence-corrected chi connectivity index (χ2v) is 7.53. The molecule has 0 amide bonds. The van der Waals surface area contributed by atoms with Crippen molar-refractivity contribution in [3.8, 4) is 5.75 Å². The molecule has 1 aromatic heterocycles. The first-order valence-electron chi connectivity index (χ1n) is 7.47. The van der Waals surface area contributed by atoms with Gasteiger partial charge in [-0.25, -0.2) is 12.4 Å². The molecular formula is C17H21NO4S. The van der Waals surface area contributed by atoms with Crippen molar-refractivity contribution < 1.29 is 13.5 Å². The van der Waals surface area contributed by atoms with Crippen LogP contribution in [0.25, 0.3) is 0 Å². The van der Waals surface area contributed by atoms with Crippen molar-refractivity contribution in [1.82, 2.24) is 3.97 Å². The summed E-state index contributed by atoms with van der Waals surface area (Å²) in [7, 11) is -4.06. The first kappa shape index (κ1) is 17.3. The molecule has 1 N–H and O–H groups in total. The second kappa shape index (κ2) is 6.20. The van der Waals surface area contributed by atoms with E-state index < -0.39 is 21.3 Å². The summed E-state index contributed by atoms with van der Waals surface area (Å²) in [5, 5.41) is 10.0. The summed E-state index contributed by atoms with van der Waals surface area (Å²) < 4.78 is 26.4. The minimum Gasteiger partial charge on any atom is -0.503 e. The van der Waals surface area contributed by atoms with E-state index in [1.807, 2.05) is 13.8 Å². The lowest BCUT2D eigenvalue weighted by atomic mass is 10.1. The Bertz CT molecular complexity index is 888. The van der Waals surface area contributed by atoms with Gasteiger partial charge >= 0.3 is 5.56 Å². The Hall–Kier alpha value is -2.08. The standard InChI is InChI=1S/C17H21NO4S/c1-5-6-14-7-8-18(17(20)15(14)19)23(21,22)16-12(3)9-11(2)10-13(16)4/h7-10,19H,5-6H2,1-4H3. The number of aromatic nitrogens is 1. The Morgan fingerprint density at radius 3 is 2.22 bits per heavy atom. The van der Waals surface area contributed by atoms with Gasteiger partial charge in [0.1, 0.15) is 0 Å². The second-order valence-electron chi connectivity index (χ2n) is 5.77. The minimum absolute atomic E-state index is 0.104. The van der Waals surface area contributed by atoms with Crippen LogP contribution in [-0.2, 0) is 16.4 Å². The summed E-state index contributed by atoms with van der Waals surface area (Å²) in [6.45, 7) is 7.20. The monoisotopic (exact) mass is 335 g/mol. The predicted octanol–water partition coefficient (Wildman–Crippen LogP) is 2.67. The zero-order valence-corrected chi connectivity index (χ0v) is 14.6. The van der Waals surface area contributed by atoms with Crippen molar-refractivity contribution in [2.45, 2.75) is 45.4 Å². The number of hydrogen-bond donors (Lipinski definition) is 1. The fourth-order valence-corrected chi connectivity index (χ4v) is 4.53. The highest BCUT2D eigenvalue weighted by Crippen LogP contribution is 2.24. The summed E-state index contributed by atoms with van der Waals surface area (Å²) >= 11 is 0. The van der Waals surface area contributed by atoms with E-state index in [-0.39, 0.29) is 4.90 Å². The Morgan fingerprint density at radius 1 is 1.13 bits per heavy atom. The Kier molecular flexibility index (Phi) is 4.66. The van der Waals surface area contributed by atoms with Crippen molar-refractivity contribution in [3.05, 3.63) is 57.0 Å². The number of hydrogen-bond acceptors (Lipinski definition) is 4. The molecule has 0 unspecified atom stereocenters. The highest BCUT2D eigenvalue weighted by Gasteiger charge is 2.25. The van der Waals surface area contributed by atoms with Gasteiger partial charge in [0.05, 0.1) is 4.90 Å². The summed E-state index contributed by atoms with van der Waals surface area (Å²) in [6.07, 6.45) is 2.49. The molecule has 2 rings (SSSR count). The highest BCUT2D eigenvalue weighted by atomic mass is 32.2. The van der Waals surface area contributed by atoms with Crippen molar-refractivity contribution in [1.29, 1.82) is 0 Å². The third-order valence-electron chi connectivity index (χ3n) is 3.76. The van der Waals surface area contributed by atoms with Gasteiger partial charge in [0, 0.05) is 11.8 Å². The van der Waals surface area contributed by atoms with Crippen molar-refractivity contribution in [2.75, 3.05) is 0 Å². The van der Waals surface area contributed by atoms with E-state index >= 15 is 0 Å². The normalized spacial score (nSPS) is 11.7. The molecule has 0 spiro atoms. The molecular weight excluding hydrogens is 314 g/mol. The largest absolute Gasteiger partial charge is 0.503 e. The van der Waals surface area contributed by atoms with Gasteiger partial charge in [-0.05, 0) is 44.4 Å². The van der Waals surface area contributed by atoms with Gasteiger partial charge in [0.25, 0.3) is 10.0 Å². The molecule has 0 bridgehead atoms. The van der Waals surface area contributed by atoms with E-state index in [9.17, 15) is 18.3 Å². The number of rotatable bonds is 4. The lowest BCUT2D eigenvalue weighted by molar-refractivity contribution is 0.456. The average Bonchev–Trinajstić information content (AvgIpc) is 2.42. The third-order valence-corrected chi connectivity index (χ3v) is 5.72. The van der Waals surface area contributed by atoms with E-state index in [0.717, 1.165) is 12.0 Å². The molecule has 0 radical (unpaired) electrons. The van der Waals surface area contributed by atoms with Crippen molar-refractivity contribution >= 4 is 10.0 Å². The van der Waals surface area contributed by atoms with Crippen LogP contribution in [0.4, 0.5) is 0 Å². The number of nitrogens with zero attached hydrogens (tertiary/aromatic N) is 1. The van der Waals surface area contributed by atoms with Gasteiger partial charge in [0.2, 0.25) is 0 Å². The van der Waals surface area contributed by atoms with Crippen LogP contribution in [0.5, 0.6) is 5.75 Å². The van der Waals surface area contributed by atoms with Gasteiger partial charge in [-0.1, -0.05) is 31.0 Å². The summed E-state index contributed by atoms with van der Waals surface area (Å²) in [6, 6.07) is 5.00. The van der Waals surface area contributed by atoms with Crippen LogP contribution < -0.4 is 5.56 Å². The van der Waals surface area contributed by atoms with Crippen molar-refractivity contribution in [2.24, 2.45) is 0 Å². The van der Waals surface area contributed by atoms with Gasteiger partial charge in [0.15, 0.2) is 5.75 Å². The van der Waals surface area contributed by atoms with Gasteiger partial charge < -0.3 is 5.11 Å². The zero-order valence-electron chi connectivity index (χ0n) is 13.8. The molecule has 1 heterocycles. The summed E-state index contributed by atoms with van der Waals surface area (Å²) in [5.74, 6) is -0.500. The van der Waals surface area contributed by atoms with E-state index in [1.165, 1.54) is 12.3 Å². The Morgan fingerprint density at radius 2 is 1.70 bits per heavy atom. The van der Waals surface area contributed by atoms with Crippen LogP contribution in [0.15, 0.2) is 34.1 Å². The average molecular weight is 335 g/mol. The first-order valence-corrected chi connectivity index (χ1v) is 8.91. The zero-order chi connectivity index (χ0) is 17.4. The molecule has 0 aliphatic heterocycles. The molecule has 0 fully saturated rings. The maximum Gasteiger partial charge on any atom is 0.306 e. The SMILES string of the molecule is CCCc1ccn(S(=O)(=O)c2c(C)cc(C)cc2C)c(=O)c1O. The maximum atomic E-state index is 12.9. The molecule has 5 nitrogen and oxygen atoms in total. The lowest BCUT2D eigenvalue weighted by Gasteiger charge is -2.14. The van der Waals surface area contributed by atoms with Gasteiger partial charge in [-0.15, -0.1) is 0 Å². The summed E-state index contributed by atoms with van der Waals surface area (Å²) in [4.78, 5) is 12.4. The van der Waals surface area contributed by atoms with E-state index in [1.54, 1.807) is 26.0 Å². The molecule has 2 aromatic rings. The Labute approximate surface area is 136 Å². The smallest absolute Gasteiger partial charge is 0.306 e. The maximum absolute atomic E-state index is 12.9. The lowest BCUT2D eigenvalue weighted by Crippen LogP contribution is -2.28. The quantitative estimate of drug-likeness (QED) is 0.932. The minimum atomic E-state index is -4.06. The fraction of sp³-hybridized carbons (Fsp3) is 0.353. The Balaban J connectivity index is 2.72. The molecule has 0 atom stereocenters. The highest BCUT2D eigenvalue weighted by molar-refractivity contribution is 7.90. The van der Waals surface area contributed by atoms with Crippen LogP contribution in [0, 0.1) is 20.8 Å². The molecule has 0 aliphatic carbocycles. The van der Waals surface area contributed by atoms with E-state index in [0.29, 0.717) is 27.1 Å². The van der Waals surface area contributed by atoms with Crippen LogP contribution in [-0.4, -0.2) is 17.5 Å². The number of aryl methyl sites for hydroxylation is 4. The van der Waals surface area contributed by atoms with Crippen LogP contribution in [0.3, 0.4) is 0 Å². The van der Waals surface area contributed by atoms with Crippen LogP contribution in [0.2, 0.25) is 0 Å². The number of pyridine rings is 1. The topological polar surface area (TPSA) is 76.4 Å². The van der Waals surface area contributed by atoms with Crippen LogP contribution in [0.1, 0.15) is 35.6 Å². The van der Waals surface area contributed by atoms with Crippen molar-refractivity contribution in [3.63, 3.8) is 0 Å². The molecule has 6 heteroatoms. The molecule has 23 heavy (non-hydrogen) atoms. The predicted molar refractivity (Wildman–Crippen MR) is 89.6 cm³/mol. The first-order chi connectivity index (χ1) is 10.7. The molecule has 0 aliphatic rings. The molecule has 1 aromatic carbocycles. The van der Waals surface area contributed by atoms with E-state index in [2.05, 4.69) is 0 Å². The molecule has 0 saturated carbocycles. The van der Waals surface area contributed by atoms with Crippen LogP contribution >= 0.6 is 0 Å². The molecule has 0 saturated heterocycles. The summed E-state index contributed by atoms with van der Waals surface area (Å²) in [5.41, 5.74) is 1.65. The fourth-order valence-electron chi connectivity index (χ4n) is 2.88. The van der Waals surface area contributed by atoms with Gasteiger partial charge in [-0.2, -0.15) is 0 Å². The number of benzene rings is 1.